The number of nitrogens with zero attached hydrogens (tertiary/aromatic N) is 1. The summed E-state index contributed by atoms with van der Waals surface area (Å²) in [6, 6.07) is 7.81. The summed E-state index contributed by atoms with van der Waals surface area (Å²) < 4.78 is 4.98. The van der Waals surface area contributed by atoms with Crippen LogP contribution in [0.1, 0.15) is 5.56 Å². The van der Waals surface area contributed by atoms with E-state index in [1.165, 1.54) is 4.90 Å². The smallest absolute Gasteiger partial charge is 0.408 e. The molecule has 8 heteroatoms. The number of alkyl carbamates (subject to hydrolysis) is 1. The van der Waals surface area contributed by atoms with Gasteiger partial charge in [-0.2, -0.15) is 0 Å². The van der Waals surface area contributed by atoms with Crippen molar-refractivity contribution in [3.05, 3.63) is 35.9 Å². The van der Waals surface area contributed by atoms with Gasteiger partial charge < -0.3 is 25.4 Å². The first-order valence-corrected chi connectivity index (χ1v) is 7.21. The standard InChI is InChI=1S/C15H22N2O6/c18-8-6-17(7-9-19)10-13(14(20)21)16-15(22)23-11-12-4-2-1-3-5-12/h1-5,13,18-19H,6-11H2,(H,16,22)(H,20,21)/t13-/m1/s1. The number of benzene rings is 1. The molecule has 0 saturated carbocycles. The lowest BCUT2D eigenvalue weighted by atomic mass is 10.2. The lowest BCUT2D eigenvalue weighted by Crippen LogP contribution is -2.49. The van der Waals surface area contributed by atoms with Crippen LogP contribution in [0.4, 0.5) is 4.79 Å². The molecule has 8 nitrogen and oxygen atoms in total. The highest BCUT2D eigenvalue weighted by atomic mass is 16.5. The van der Waals surface area contributed by atoms with E-state index in [0.29, 0.717) is 0 Å². The molecule has 0 aliphatic rings. The SMILES string of the molecule is O=C(N[C@H](CN(CCO)CCO)C(=O)O)OCc1ccccc1. The van der Waals surface area contributed by atoms with Crippen LogP contribution in [0.2, 0.25) is 0 Å². The number of aliphatic hydroxyl groups excluding tert-OH is 2. The Morgan fingerprint density at radius 3 is 2.26 bits per heavy atom. The number of hydrogen-bond donors (Lipinski definition) is 4. The molecule has 0 saturated heterocycles. The number of carboxylic acid groups (broad SMARTS) is 1. The summed E-state index contributed by atoms with van der Waals surface area (Å²) in [6.45, 7) is 0.0403. The maximum absolute atomic E-state index is 11.7. The quantitative estimate of drug-likeness (QED) is 0.464. The fourth-order valence-electron chi connectivity index (χ4n) is 1.93. The molecule has 0 aliphatic heterocycles. The normalized spacial score (nSPS) is 12.0. The van der Waals surface area contributed by atoms with Crippen molar-refractivity contribution in [2.45, 2.75) is 12.6 Å². The number of hydrogen-bond acceptors (Lipinski definition) is 6. The molecule has 0 fully saturated rings. The molecule has 0 heterocycles. The molecule has 1 rings (SSSR count). The first-order chi connectivity index (χ1) is 11.1. The second-order valence-electron chi connectivity index (χ2n) is 4.84. The van der Waals surface area contributed by atoms with Crippen LogP contribution in [0.15, 0.2) is 30.3 Å². The molecule has 23 heavy (non-hydrogen) atoms. The van der Waals surface area contributed by atoms with Gasteiger partial charge in [0.15, 0.2) is 0 Å². The van der Waals surface area contributed by atoms with E-state index in [9.17, 15) is 14.7 Å². The van der Waals surface area contributed by atoms with Crippen molar-refractivity contribution in [1.29, 1.82) is 0 Å². The lowest BCUT2D eigenvalue weighted by Gasteiger charge is -2.24. The van der Waals surface area contributed by atoms with Crippen molar-refractivity contribution < 1.29 is 29.6 Å². The van der Waals surface area contributed by atoms with Gasteiger partial charge in [-0.1, -0.05) is 30.3 Å². The van der Waals surface area contributed by atoms with E-state index in [1.54, 1.807) is 24.3 Å². The number of carbonyl (C=O) groups is 2. The van der Waals surface area contributed by atoms with Gasteiger partial charge >= 0.3 is 12.1 Å². The summed E-state index contributed by atoms with van der Waals surface area (Å²) in [5.74, 6) is -1.22. The molecule has 0 radical (unpaired) electrons. The van der Waals surface area contributed by atoms with Crippen LogP contribution in [-0.4, -0.2) is 71.2 Å². The summed E-state index contributed by atoms with van der Waals surface area (Å²) in [7, 11) is 0. The Morgan fingerprint density at radius 1 is 1.13 bits per heavy atom. The number of aliphatic carboxylic acids is 1. The maximum Gasteiger partial charge on any atom is 0.408 e. The molecular weight excluding hydrogens is 304 g/mol. The first-order valence-electron chi connectivity index (χ1n) is 7.21. The molecule has 128 valence electrons. The minimum atomic E-state index is -1.22. The highest BCUT2D eigenvalue weighted by Gasteiger charge is 2.23. The fourth-order valence-corrected chi connectivity index (χ4v) is 1.93. The van der Waals surface area contributed by atoms with Crippen LogP contribution in [0, 0.1) is 0 Å². The number of ether oxygens (including phenoxy) is 1. The van der Waals surface area contributed by atoms with Gasteiger partial charge in [0.05, 0.1) is 13.2 Å². The van der Waals surface area contributed by atoms with E-state index >= 15 is 0 Å². The minimum absolute atomic E-state index is 0.0377. The molecule has 0 aliphatic carbocycles. The Bertz CT molecular complexity index is 476. The monoisotopic (exact) mass is 326 g/mol. The van der Waals surface area contributed by atoms with Gasteiger partial charge in [-0.15, -0.1) is 0 Å². The van der Waals surface area contributed by atoms with E-state index in [4.69, 9.17) is 14.9 Å². The van der Waals surface area contributed by atoms with Crippen LogP contribution in [0.25, 0.3) is 0 Å². The average Bonchev–Trinajstić information content (AvgIpc) is 2.53. The Labute approximate surface area is 134 Å². The number of amides is 1. The largest absolute Gasteiger partial charge is 0.480 e. The second kappa shape index (κ2) is 10.5. The van der Waals surface area contributed by atoms with E-state index < -0.39 is 18.1 Å². The number of carbonyl (C=O) groups excluding carboxylic acids is 1. The Balaban J connectivity index is 2.50. The van der Waals surface area contributed by atoms with Crippen molar-refractivity contribution in [2.75, 3.05) is 32.8 Å². The number of rotatable bonds is 10. The van der Waals surface area contributed by atoms with Gasteiger partial charge in [-0.3, -0.25) is 4.90 Å². The van der Waals surface area contributed by atoms with Crippen molar-refractivity contribution >= 4 is 12.1 Å². The van der Waals surface area contributed by atoms with Crippen LogP contribution in [0.3, 0.4) is 0 Å². The third-order valence-corrected chi connectivity index (χ3v) is 3.08. The highest BCUT2D eigenvalue weighted by molar-refractivity contribution is 5.80. The van der Waals surface area contributed by atoms with Crippen LogP contribution < -0.4 is 5.32 Å². The van der Waals surface area contributed by atoms with Crippen molar-refractivity contribution in [3.63, 3.8) is 0 Å². The Kier molecular flexibility index (Phi) is 8.66. The molecule has 1 atom stereocenters. The van der Waals surface area contributed by atoms with E-state index in [0.717, 1.165) is 5.56 Å². The summed E-state index contributed by atoms with van der Waals surface area (Å²) in [5.41, 5.74) is 0.789. The van der Waals surface area contributed by atoms with Gasteiger partial charge in [0, 0.05) is 19.6 Å². The number of aliphatic hydroxyl groups is 2. The molecule has 0 aromatic heterocycles. The summed E-state index contributed by atoms with van der Waals surface area (Å²) in [5, 5.41) is 29.3. The molecule has 1 aromatic rings. The van der Waals surface area contributed by atoms with Crippen LogP contribution >= 0.6 is 0 Å². The Morgan fingerprint density at radius 2 is 1.74 bits per heavy atom. The minimum Gasteiger partial charge on any atom is -0.480 e. The zero-order valence-corrected chi connectivity index (χ0v) is 12.7. The maximum atomic E-state index is 11.7. The van der Waals surface area contributed by atoms with E-state index in [1.807, 2.05) is 6.07 Å². The molecule has 4 N–H and O–H groups in total. The predicted molar refractivity (Wildman–Crippen MR) is 81.8 cm³/mol. The average molecular weight is 326 g/mol. The molecule has 0 bridgehead atoms. The van der Waals surface area contributed by atoms with E-state index in [-0.39, 0.29) is 39.5 Å². The molecule has 1 amide bonds. The second-order valence-corrected chi connectivity index (χ2v) is 4.84. The van der Waals surface area contributed by atoms with Gasteiger partial charge in [0.25, 0.3) is 0 Å². The fraction of sp³-hybridized carbons (Fsp3) is 0.467. The van der Waals surface area contributed by atoms with Gasteiger partial charge in [-0.05, 0) is 5.56 Å². The lowest BCUT2D eigenvalue weighted by molar-refractivity contribution is -0.140. The predicted octanol–water partition coefficient (Wildman–Crippen LogP) is -0.347. The first kappa shape index (κ1) is 18.9. The van der Waals surface area contributed by atoms with Crippen molar-refractivity contribution in [1.82, 2.24) is 10.2 Å². The summed E-state index contributed by atoms with van der Waals surface area (Å²) in [4.78, 5) is 24.5. The third-order valence-electron chi connectivity index (χ3n) is 3.08. The Hall–Kier alpha value is -2.16. The molecule has 0 spiro atoms. The number of nitrogens with one attached hydrogen (secondary N) is 1. The van der Waals surface area contributed by atoms with Crippen LogP contribution in [0.5, 0.6) is 0 Å². The van der Waals surface area contributed by atoms with Gasteiger partial charge in [0.2, 0.25) is 0 Å². The number of carboxylic acids is 1. The van der Waals surface area contributed by atoms with E-state index in [2.05, 4.69) is 5.32 Å². The summed E-state index contributed by atoms with van der Waals surface area (Å²) in [6.07, 6.45) is -0.839. The van der Waals surface area contributed by atoms with Gasteiger partial charge in [-0.25, -0.2) is 9.59 Å². The van der Waals surface area contributed by atoms with Crippen molar-refractivity contribution in [3.8, 4) is 0 Å². The zero-order valence-electron chi connectivity index (χ0n) is 12.7. The highest BCUT2D eigenvalue weighted by Crippen LogP contribution is 2.01. The molecule has 0 unspecified atom stereocenters. The van der Waals surface area contributed by atoms with Crippen molar-refractivity contribution in [2.24, 2.45) is 0 Å². The summed E-state index contributed by atoms with van der Waals surface area (Å²) >= 11 is 0. The van der Waals surface area contributed by atoms with Gasteiger partial charge in [0.1, 0.15) is 12.6 Å². The topological polar surface area (TPSA) is 119 Å². The zero-order chi connectivity index (χ0) is 17.1. The third kappa shape index (κ3) is 7.59. The molecular formula is C15H22N2O6. The van der Waals surface area contributed by atoms with Crippen LogP contribution in [-0.2, 0) is 16.1 Å². The molecule has 1 aromatic carbocycles.